The number of carbonyl (C=O) groups is 3. The van der Waals surface area contributed by atoms with Gasteiger partial charge in [-0.25, -0.2) is 9.59 Å². The van der Waals surface area contributed by atoms with E-state index in [1.165, 1.54) is 6.42 Å². The Hall–Kier alpha value is -2.94. The number of ether oxygens (including phenoxy) is 1. The van der Waals surface area contributed by atoms with E-state index in [2.05, 4.69) is 29.0 Å². The van der Waals surface area contributed by atoms with Crippen molar-refractivity contribution in [3.05, 3.63) is 30.1 Å². The van der Waals surface area contributed by atoms with Crippen LogP contribution in [-0.2, 0) is 25.7 Å². The second-order valence-electron chi connectivity index (χ2n) is 8.77. The van der Waals surface area contributed by atoms with Crippen LogP contribution in [0.3, 0.4) is 0 Å². The highest BCUT2D eigenvalue weighted by Crippen LogP contribution is 2.32. The fraction of sp³-hybridized carbons (Fsp3) is 0.636. The molecule has 15 heteroatoms. The number of pyridine rings is 1. The molecule has 1 aromatic rings. The Morgan fingerprint density at radius 3 is 2.14 bits per heavy atom. The lowest BCUT2D eigenvalue weighted by molar-refractivity contribution is -0.193. The van der Waals surface area contributed by atoms with E-state index in [4.69, 9.17) is 24.5 Å². The molecule has 9 nitrogen and oxygen atoms in total. The Balaban J connectivity index is 0.000000404. The minimum Gasteiger partial charge on any atom is -0.475 e. The van der Waals surface area contributed by atoms with E-state index in [1.807, 2.05) is 12.1 Å². The summed E-state index contributed by atoms with van der Waals surface area (Å²) in [5.41, 5.74) is 1.03. The number of morpholine rings is 1. The Morgan fingerprint density at radius 2 is 1.68 bits per heavy atom. The topological polar surface area (TPSA) is 129 Å². The first-order chi connectivity index (χ1) is 17.0. The number of amides is 1. The first kappa shape index (κ1) is 32.1. The second kappa shape index (κ2) is 14.1. The smallest absolute Gasteiger partial charge is 0.475 e. The number of hydrogen-bond acceptors (Lipinski definition) is 6. The van der Waals surface area contributed by atoms with Crippen molar-refractivity contribution in [2.45, 2.75) is 57.8 Å². The van der Waals surface area contributed by atoms with Gasteiger partial charge in [0.25, 0.3) is 0 Å². The molecule has 2 bridgehead atoms. The van der Waals surface area contributed by atoms with Gasteiger partial charge in [-0.15, -0.1) is 0 Å². The quantitative estimate of drug-likeness (QED) is 0.466. The van der Waals surface area contributed by atoms with Crippen molar-refractivity contribution in [3.63, 3.8) is 0 Å². The molecule has 3 atom stereocenters. The highest BCUT2D eigenvalue weighted by atomic mass is 19.4. The number of nitrogens with zero attached hydrogens (tertiary/aromatic N) is 2. The van der Waals surface area contributed by atoms with Crippen molar-refractivity contribution >= 4 is 17.8 Å². The number of carboxylic acid groups (broad SMARTS) is 2. The molecule has 0 radical (unpaired) electrons. The van der Waals surface area contributed by atoms with Crippen LogP contribution in [0.5, 0.6) is 0 Å². The van der Waals surface area contributed by atoms with Gasteiger partial charge in [0.1, 0.15) is 0 Å². The largest absolute Gasteiger partial charge is 0.490 e. The van der Waals surface area contributed by atoms with Gasteiger partial charge < -0.3 is 20.3 Å². The third-order valence-corrected chi connectivity index (χ3v) is 5.27. The minimum atomic E-state index is -5.08. The summed E-state index contributed by atoms with van der Waals surface area (Å²) in [7, 11) is 0. The molecule has 2 fully saturated rings. The molecule has 2 aliphatic heterocycles. The van der Waals surface area contributed by atoms with Gasteiger partial charge in [-0.2, -0.15) is 26.3 Å². The summed E-state index contributed by atoms with van der Waals surface area (Å²) in [6.07, 6.45) is -4.31. The van der Waals surface area contributed by atoms with Crippen LogP contribution in [0.4, 0.5) is 26.3 Å². The SMILES string of the molecule is CC(C)CCN1CC2CC(C(=O)NCc3cccnc3)C(C1)O2.O=C(O)C(F)(F)F.O=C(O)C(F)(F)F. The summed E-state index contributed by atoms with van der Waals surface area (Å²) >= 11 is 0. The Bertz CT molecular complexity index is 858. The first-order valence-corrected chi connectivity index (χ1v) is 11.1. The minimum absolute atomic E-state index is 0.0132. The number of nitrogens with one attached hydrogen (secondary N) is 1. The van der Waals surface area contributed by atoms with Crippen molar-refractivity contribution in [2.24, 2.45) is 11.8 Å². The Kier molecular flexibility index (Phi) is 12.2. The number of rotatable bonds is 6. The predicted octanol–water partition coefficient (Wildman–Crippen LogP) is 3.10. The predicted molar refractivity (Wildman–Crippen MR) is 116 cm³/mol. The summed E-state index contributed by atoms with van der Waals surface area (Å²) in [5.74, 6) is -4.69. The van der Waals surface area contributed by atoms with Crippen LogP contribution < -0.4 is 5.32 Å². The van der Waals surface area contributed by atoms with Crippen LogP contribution in [-0.4, -0.2) is 82.1 Å². The fourth-order valence-corrected chi connectivity index (χ4v) is 3.46. The van der Waals surface area contributed by atoms with Crippen molar-refractivity contribution in [3.8, 4) is 0 Å². The molecular formula is C22H29F6N3O6. The normalized spacial score (nSPS) is 21.3. The number of aliphatic carboxylic acids is 2. The van der Waals surface area contributed by atoms with E-state index in [0.29, 0.717) is 12.5 Å². The lowest BCUT2D eigenvalue weighted by atomic mass is 9.99. The van der Waals surface area contributed by atoms with E-state index in [-0.39, 0.29) is 24.0 Å². The molecule has 2 aliphatic rings. The van der Waals surface area contributed by atoms with Gasteiger partial charge in [-0.1, -0.05) is 19.9 Å². The van der Waals surface area contributed by atoms with Crippen molar-refractivity contribution in [2.75, 3.05) is 19.6 Å². The number of halogens is 6. The molecule has 0 aromatic carbocycles. The third kappa shape index (κ3) is 12.2. The van der Waals surface area contributed by atoms with Gasteiger partial charge in [0.2, 0.25) is 5.91 Å². The molecule has 210 valence electrons. The maximum atomic E-state index is 12.5. The zero-order chi connectivity index (χ0) is 28.4. The second-order valence-corrected chi connectivity index (χ2v) is 8.77. The van der Waals surface area contributed by atoms with Gasteiger partial charge in [0, 0.05) is 32.0 Å². The van der Waals surface area contributed by atoms with Crippen LogP contribution in [0.15, 0.2) is 24.5 Å². The number of aromatic nitrogens is 1. The van der Waals surface area contributed by atoms with Gasteiger partial charge in [0.15, 0.2) is 0 Å². The zero-order valence-electron chi connectivity index (χ0n) is 20.1. The van der Waals surface area contributed by atoms with Gasteiger partial charge in [0.05, 0.1) is 18.1 Å². The molecule has 3 heterocycles. The number of fused-ring (bicyclic) bond motifs is 2. The van der Waals surface area contributed by atoms with Crippen LogP contribution in [0, 0.1) is 11.8 Å². The molecule has 3 rings (SSSR count). The van der Waals surface area contributed by atoms with Gasteiger partial charge in [-0.3, -0.25) is 14.7 Å². The molecule has 1 amide bonds. The van der Waals surface area contributed by atoms with E-state index in [0.717, 1.165) is 31.6 Å². The van der Waals surface area contributed by atoms with E-state index < -0.39 is 24.3 Å². The Morgan fingerprint density at radius 1 is 1.11 bits per heavy atom. The molecule has 0 aliphatic carbocycles. The average molecular weight is 545 g/mol. The highest BCUT2D eigenvalue weighted by molar-refractivity contribution is 5.79. The molecular weight excluding hydrogens is 516 g/mol. The number of alkyl halides is 6. The van der Waals surface area contributed by atoms with E-state index in [9.17, 15) is 31.1 Å². The summed E-state index contributed by atoms with van der Waals surface area (Å²) < 4.78 is 69.5. The zero-order valence-corrected chi connectivity index (χ0v) is 20.1. The first-order valence-electron chi connectivity index (χ1n) is 11.1. The average Bonchev–Trinajstić information content (AvgIpc) is 3.10. The van der Waals surface area contributed by atoms with Crippen LogP contribution >= 0.6 is 0 Å². The maximum Gasteiger partial charge on any atom is 0.490 e. The fourth-order valence-electron chi connectivity index (χ4n) is 3.46. The van der Waals surface area contributed by atoms with Crippen LogP contribution in [0.25, 0.3) is 0 Å². The summed E-state index contributed by atoms with van der Waals surface area (Å²) in [6.45, 7) is 8.01. The summed E-state index contributed by atoms with van der Waals surface area (Å²) in [6, 6.07) is 3.87. The van der Waals surface area contributed by atoms with E-state index >= 15 is 0 Å². The molecule has 3 unspecified atom stereocenters. The molecule has 0 spiro atoms. The van der Waals surface area contributed by atoms with E-state index in [1.54, 1.807) is 12.4 Å². The number of carboxylic acids is 2. The van der Waals surface area contributed by atoms with Crippen LogP contribution in [0.1, 0.15) is 32.3 Å². The standard InChI is InChI=1S/C18H27N3O2.2C2HF3O2/c1-13(2)5-7-21-11-15-8-16(17(12-21)23-15)18(22)20-10-14-4-3-6-19-9-14;2*3-2(4,5)1(6)7/h3-4,6,9,13,15-17H,5,7-8,10-12H2,1-2H3,(H,20,22);2*(H,6,7). The van der Waals surface area contributed by atoms with Gasteiger partial charge >= 0.3 is 24.3 Å². The number of carbonyl (C=O) groups excluding carboxylic acids is 1. The molecule has 2 saturated heterocycles. The highest BCUT2D eigenvalue weighted by Gasteiger charge is 2.44. The molecule has 3 N–H and O–H groups in total. The number of hydrogen-bond donors (Lipinski definition) is 3. The molecule has 0 saturated carbocycles. The third-order valence-electron chi connectivity index (χ3n) is 5.27. The molecule has 1 aromatic heterocycles. The maximum absolute atomic E-state index is 12.5. The Labute approximate surface area is 208 Å². The van der Waals surface area contributed by atoms with Crippen molar-refractivity contribution < 1.29 is 55.7 Å². The summed E-state index contributed by atoms with van der Waals surface area (Å²) in [5, 5.41) is 17.3. The molecule has 37 heavy (non-hydrogen) atoms. The van der Waals surface area contributed by atoms with Crippen molar-refractivity contribution in [1.82, 2.24) is 15.2 Å². The van der Waals surface area contributed by atoms with Crippen LogP contribution in [0.2, 0.25) is 0 Å². The lowest BCUT2D eigenvalue weighted by Gasteiger charge is -2.33. The monoisotopic (exact) mass is 545 g/mol. The lowest BCUT2D eigenvalue weighted by Crippen LogP contribution is -2.45. The number of likely N-dealkylation sites (tertiary alicyclic amines) is 1. The summed E-state index contributed by atoms with van der Waals surface area (Å²) in [4.78, 5) is 36.8. The van der Waals surface area contributed by atoms with Crippen molar-refractivity contribution in [1.29, 1.82) is 0 Å². The van der Waals surface area contributed by atoms with Gasteiger partial charge in [-0.05, 0) is 36.9 Å².